The third-order valence-electron chi connectivity index (χ3n) is 3.46. The summed E-state index contributed by atoms with van der Waals surface area (Å²) < 4.78 is 13.2. The third-order valence-corrected chi connectivity index (χ3v) is 3.46. The van der Waals surface area contributed by atoms with Crippen molar-refractivity contribution in [3.8, 4) is 0 Å². The van der Waals surface area contributed by atoms with E-state index in [1.165, 1.54) is 12.1 Å². The summed E-state index contributed by atoms with van der Waals surface area (Å²) in [4.78, 5) is 23.5. The minimum absolute atomic E-state index is 0.199. The van der Waals surface area contributed by atoms with Gasteiger partial charge in [-0.15, -0.1) is 0 Å². The Morgan fingerprint density at radius 1 is 1.00 bits per heavy atom. The highest BCUT2D eigenvalue weighted by Gasteiger charge is 2.08. The van der Waals surface area contributed by atoms with Gasteiger partial charge in [0, 0.05) is 12.2 Å². The lowest BCUT2D eigenvalue weighted by atomic mass is 10.1. The molecule has 0 aliphatic carbocycles. The van der Waals surface area contributed by atoms with E-state index in [4.69, 9.17) is 0 Å². The molecule has 0 aliphatic rings. The van der Waals surface area contributed by atoms with Gasteiger partial charge in [0.2, 0.25) is 5.91 Å². The molecule has 5 nitrogen and oxygen atoms in total. The van der Waals surface area contributed by atoms with Crippen LogP contribution in [0, 0.1) is 19.7 Å². The van der Waals surface area contributed by atoms with E-state index >= 15 is 0 Å². The molecule has 126 valence electrons. The standard InChI is InChI=1S/C18H20FN3O2/c1-12-3-6-14(7-4-12)10-20-18(24)21-11-17(23)22-16-9-15(19)8-5-13(16)2/h3-9H,10-11H2,1-2H3,(H,22,23)(H2,20,21,24). The molecule has 2 aromatic carbocycles. The highest BCUT2D eigenvalue weighted by atomic mass is 19.1. The van der Waals surface area contributed by atoms with Gasteiger partial charge in [0.05, 0.1) is 6.54 Å². The fraction of sp³-hybridized carbons (Fsp3) is 0.222. The van der Waals surface area contributed by atoms with Crippen LogP contribution >= 0.6 is 0 Å². The van der Waals surface area contributed by atoms with E-state index in [2.05, 4.69) is 16.0 Å². The number of hydrogen-bond donors (Lipinski definition) is 3. The van der Waals surface area contributed by atoms with Crippen LogP contribution in [0.1, 0.15) is 16.7 Å². The van der Waals surface area contributed by atoms with Gasteiger partial charge in [0.1, 0.15) is 5.82 Å². The first kappa shape index (κ1) is 17.5. The molecular formula is C18H20FN3O2. The van der Waals surface area contributed by atoms with Gasteiger partial charge in [-0.25, -0.2) is 9.18 Å². The summed E-state index contributed by atoms with van der Waals surface area (Å²) in [5, 5.41) is 7.70. The number of carbonyl (C=O) groups is 2. The summed E-state index contributed by atoms with van der Waals surface area (Å²) in [7, 11) is 0. The summed E-state index contributed by atoms with van der Waals surface area (Å²) in [5.74, 6) is -0.853. The third kappa shape index (κ3) is 5.39. The van der Waals surface area contributed by atoms with Gasteiger partial charge in [0.15, 0.2) is 0 Å². The van der Waals surface area contributed by atoms with Gasteiger partial charge < -0.3 is 16.0 Å². The summed E-state index contributed by atoms with van der Waals surface area (Å²) in [6.45, 7) is 3.92. The molecule has 24 heavy (non-hydrogen) atoms. The fourth-order valence-corrected chi connectivity index (χ4v) is 2.03. The second-order valence-corrected chi connectivity index (χ2v) is 5.53. The Balaban J connectivity index is 1.75. The maximum atomic E-state index is 13.2. The van der Waals surface area contributed by atoms with Gasteiger partial charge in [-0.3, -0.25) is 4.79 Å². The van der Waals surface area contributed by atoms with Crippen LogP contribution in [0.15, 0.2) is 42.5 Å². The first-order valence-electron chi connectivity index (χ1n) is 7.57. The van der Waals surface area contributed by atoms with Crippen molar-refractivity contribution in [2.45, 2.75) is 20.4 Å². The monoisotopic (exact) mass is 329 g/mol. The predicted molar refractivity (Wildman–Crippen MR) is 91.2 cm³/mol. The van der Waals surface area contributed by atoms with E-state index in [0.717, 1.165) is 16.7 Å². The second-order valence-electron chi connectivity index (χ2n) is 5.53. The molecule has 3 N–H and O–H groups in total. The SMILES string of the molecule is Cc1ccc(CNC(=O)NCC(=O)Nc2cc(F)ccc2C)cc1. The molecule has 0 radical (unpaired) electrons. The molecule has 0 heterocycles. The number of aryl methyl sites for hydroxylation is 2. The van der Waals surface area contributed by atoms with Crippen LogP contribution in [-0.4, -0.2) is 18.5 Å². The van der Waals surface area contributed by atoms with Gasteiger partial charge in [-0.05, 0) is 37.1 Å². The Morgan fingerprint density at radius 3 is 2.42 bits per heavy atom. The zero-order valence-electron chi connectivity index (χ0n) is 13.7. The van der Waals surface area contributed by atoms with Crippen molar-refractivity contribution in [2.24, 2.45) is 0 Å². The number of benzene rings is 2. The highest BCUT2D eigenvalue weighted by Crippen LogP contribution is 2.15. The Bertz CT molecular complexity index is 730. The Kier molecular flexibility index (Phi) is 5.89. The summed E-state index contributed by atoms with van der Waals surface area (Å²) >= 11 is 0. The van der Waals surface area contributed by atoms with Crippen LogP contribution in [0.2, 0.25) is 0 Å². The van der Waals surface area contributed by atoms with Crippen molar-refractivity contribution in [3.05, 3.63) is 65.0 Å². The van der Waals surface area contributed by atoms with E-state index in [-0.39, 0.29) is 6.54 Å². The molecule has 6 heteroatoms. The normalized spacial score (nSPS) is 10.1. The minimum atomic E-state index is -0.443. The average molecular weight is 329 g/mol. The molecule has 0 bridgehead atoms. The van der Waals surface area contributed by atoms with Crippen molar-refractivity contribution in [3.63, 3.8) is 0 Å². The molecule has 0 saturated carbocycles. The molecule has 0 unspecified atom stereocenters. The first-order valence-corrected chi connectivity index (χ1v) is 7.57. The Labute approximate surface area is 140 Å². The van der Waals surface area contributed by atoms with Crippen LogP contribution < -0.4 is 16.0 Å². The molecular weight excluding hydrogens is 309 g/mol. The maximum absolute atomic E-state index is 13.2. The van der Waals surface area contributed by atoms with Crippen LogP contribution in [0.4, 0.5) is 14.9 Å². The lowest BCUT2D eigenvalue weighted by Crippen LogP contribution is -2.39. The van der Waals surface area contributed by atoms with Crippen LogP contribution in [-0.2, 0) is 11.3 Å². The number of anilines is 1. The molecule has 2 rings (SSSR count). The minimum Gasteiger partial charge on any atom is -0.334 e. The average Bonchev–Trinajstić information content (AvgIpc) is 2.56. The lowest BCUT2D eigenvalue weighted by molar-refractivity contribution is -0.115. The molecule has 3 amide bonds. The molecule has 0 saturated heterocycles. The molecule has 0 fully saturated rings. The fourth-order valence-electron chi connectivity index (χ4n) is 2.03. The topological polar surface area (TPSA) is 70.2 Å². The van der Waals surface area contributed by atoms with Crippen molar-refractivity contribution >= 4 is 17.6 Å². The van der Waals surface area contributed by atoms with Gasteiger partial charge >= 0.3 is 6.03 Å². The highest BCUT2D eigenvalue weighted by molar-refractivity contribution is 5.94. The molecule has 0 aliphatic heterocycles. The molecule has 0 spiro atoms. The summed E-state index contributed by atoms with van der Waals surface area (Å²) in [5.41, 5.74) is 3.25. The first-order chi connectivity index (χ1) is 11.4. The van der Waals surface area contributed by atoms with Crippen LogP contribution in [0.5, 0.6) is 0 Å². The Morgan fingerprint density at radius 2 is 1.71 bits per heavy atom. The Hall–Kier alpha value is -2.89. The van der Waals surface area contributed by atoms with Crippen molar-refractivity contribution in [1.29, 1.82) is 0 Å². The molecule has 2 aromatic rings. The van der Waals surface area contributed by atoms with E-state index in [9.17, 15) is 14.0 Å². The number of urea groups is 1. The van der Waals surface area contributed by atoms with Gasteiger partial charge in [0.25, 0.3) is 0 Å². The number of halogens is 1. The largest absolute Gasteiger partial charge is 0.334 e. The van der Waals surface area contributed by atoms with Crippen molar-refractivity contribution in [2.75, 3.05) is 11.9 Å². The number of nitrogens with one attached hydrogen (secondary N) is 3. The van der Waals surface area contributed by atoms with Gasteiger partial charge in [-0.2, -0.15) is 0 Å². The van der Waals surface area contributed by atoms with E-state index in [1.807, 2.05) is 31.2 Å². The van der Waals surface area contributed by atoms with Crippen molar-refractivity contribution in [1.82, 2.24) is 10.6 Å². The van der Waals surface area contributed by atoms with E-state index in [1.54, 1.807) is 13.0 Å². The van der Waals surface area contributed by atoms with Crippen LogP contribution in [0.25, 0.3) is 0 Å². The zero-order valence-corrected chi connectivity index (χ0v) is 13.7. The smallest absolute Gasteiger partial charge is 0.315 e. The molecule has 0 aromatic heterocycles. The van der Waals surface area contributed by atoms with Crippen molar-refractivity contribution < 1.29 is 14.0 Å². The number of rotatable bonds is 5. The number of carbonyl (C=O) groups excluding carboxylic acids is 2. The lowest BCUT2D eigenvalue weighted by Gasteiger charge is -2.10. The maximum Gasteiger partial charge on any atom is 0.315 e. The number of hydrogen-bond acceptors (Lipinski definition) is 2. The predicted octanol–water partition coefficient (Wildman–Crippen LogP) is 2.88. The quantitative estimate of drug-likeness (QED) is 0.789. The summed E-state index contributed by atoms with van der Waals surface area (Å²) in [6.07, 6.45) is 0. The summed E-state index contributed by atoms with van der Waals surface area (Å²) in [6, 6.07) is 11.5. The van der Waals surface area contributed by atoms with E-state index in [0.29, 0.717) is 12.2 Å². The van der Waals surface area contributed by atoms with Crippen LogP contribution in [0.3, 0.4) is 0 Å². The van der Waals surface area contributed by atoms with Gasteiger partial charge in [-0.1, -0.05) is 35.9 Å². The number of amides is 3. The molecule has 0 atom stereocenters. The zero-order chi connectivity index (χ0) is 17.5. The second kappa shape index (κ2) is 8.10. The van der Waals surface area contributed by atoms with E-state index < -0.39 is 17.8 Å².